The number of aliphatic hydroxyl groups excluding tert-OH is 1. The molecule has 0 aliphatic carbocycles. The Labute approximate surface area is 209 Å². The van der Waals surface area contributed by atoms with Gasteiger partial charge in [0.05, 0.1) is 12.6 Å². The molecule has 2 amide bonds. The van der Waals surface area contributed by atoms with Gasteiger partial charge in [-0.05, 0) is 25.2 Å². The van der Waals surface area contributed by atoms with E-state index in [9.17, 15) is 14.7 Å². The van der Waals surface area contributed by atoms with Crippen LogP contribution < -0.4 is 10.6 Å². The van der Waals surface area contributed by atoms with Crippen LogP contribution in [-0.4, -0.2) is 41.9 Å². The SMILES string of the molecule is CCCCCCCCCCCCCCCCCC(=O)N[C@@H](CC(C)C)C(=O)N[C@H]1CCOC1O. The molecule has 1 fully saturated rings. The van der Waals surface area contributed by atoms with Crippen LogP contribution in [0.5, 0.6) is 0 Å². The van der Waals surface area contributed by atoms with Crippen molar-refractivity contribution in [2.24, 2.45) is 5.92 Å². The van der Waals surface area contributed by atoms with Crippen molar-refractivity contribution in [3.63, 3.8) is 0 Å². The zero-order valence-electron chi connectivity index (χ0n) is 22.4. The van der Waals surface area contributed by atoms with E-state index in [0.717, 1.165) is 12.8 Å². The van der Waals surface area contributed by atoms with Crippen LogP contribution in [0.4, 0.5) is 0 Å². The van der Waals surface area contributed by atoms with Crippen LogP contribution in [0.1, 0.15) is 136 Å². The highest BCUT2D eigenvalue weighted by molar-refractivity contribution is 5.87. The minimum Gasteiger partial charge on any atom is -0.366 e. The number of unbranched alkanes of at least 4 members (excludes halogenated alkanes) is 14. The molecule has 1 saturated heterocycles. The van der Waals surface area contributed by atoms with Crippen LogP contribution in [0.25, 0.3) is 0 Å². The number of ether oxygens (including phenoxy) is 1. The lowest BCUT2D eigenvalue weighted by Gasteiger charge is -2.23. The Balaban J connectivity index is 2.04. The van der Waals surface area contributed by atoms with E-state index >= 15 is 0 Å². The summed E-state index contributed by atoms with van der Waals surface area (Å²) in [6.07, 6.45) is 20.2. The molecule has 6 nitrogen and oxygen atoms in total. The highest BCUT2D eigenvalue weighted by atomic mass is 16.6. The number of nitrogens with one attached hydrogen (secondary N) is 2. The third-order valence-corrected chi connectivity index (χ3v) is 6.76. The van der Waals surface area contributed by atoms with Crippen molar-refractivity contribution in [2.75, 3.05) is 6.61 Å². The maximum atomic E-state index is 12.6. The molecule has 1 rings (SSSR count). The van der Waals surface area contributed by atoms with E-state index in [2.05, 4.69) is 17.6 Å². The maximum absolute atomic E-state index is 12.6. The molecule has 200 valence electrons. The number of hydrogen-bond donors (Lipinski definition) is 3. The summed E-state index contributed by atoms with van der Waals surface area (Å²) in [7, 11) is 0. The smallest absolute Gasteiger partial charge is 0.242 e. The summed E-state index contributed by atoms with van der Waals surface area (Å²) in [5.41, 5.74) is 0. The number of hydrogen-bond acceptors (Lipinski definition) is 4. The summed E-state index contributed by atoms with van der Waals surface area (Å²) in [5, 5.41) is 15.5. The molecule has 1 unspecified atom stereocenters. The standard InChI is InChI=1S/C28H54N2O4/c1-4-5-6-7-8-9-10-11-12-13-14-15-16-17-18-19-26(31)29-25(22-23(2)3)27(32)30-24-20-21-34-28(24)33/h23-25,28,33H,4-22H2,1-3H3,(H,29,31)(H,30,32)/t24-,25-,28?/m0/s1. The molecule has 0 bridgehead atoms. The predicted octanol–water partition coefficient (Wildman–Crippen LogP) is 6.00. The first-order valence-electron chi connectivity index (χ1n) is 14.3. The molecule has 3 atom stereocenters. The van der Waals surface area contributed by atoms with Crippen LogP contribution in [-0.2, 0) is 14.3 Å². The Hall–Kier alpha value is -1.14. The first-order valence-corrected chi connectivity index (χ1v) is 14.3. The van der Waals surface area contributed by atoms with Gasteiger partial charge in [-0.1, -0.05) is 111 Å². The van der Waals surface area contributed by atoms with Gasteiger partial charge in [-0.15, -0.1) is 0 Å². The van der Waals surface area contributed by atoms with Gasteiger partial charge in [-0.3, -0.25) is 9.59 Å². The van der Waals surface area contributed by atoms with Crippen LogP contribution in [0.2, 0.25) is 0 Å². The minimum atomic E-state index is -0.959. The second-order valence-electron chi connectivity index (χ2n) is 10.6. The van der Waals surface area contributed by atoms with Gasteiger partial charge in [0.1, 0.15) is 6.04 Å². The lowest BCUT2D eigenvalue weighted by molar-refractivity contribution is -0.131. The largest absolute Gasteiger partial charge is 0.366 e. The number of amides is 2. The summed E-state index contributed by atoms with van der Waals surface area (Å²) in [6.45, 7) is 6.78. The molecule has 0 aromatic rings. The third kappa shape index (κ3) is 15.7. The van der Waals surface area contributed by atoms with Crippen molar-refractivity contribution in [1.82, 2.24) is 10.6 Å². The lowest BCUT2D eigenvalue weighted by Crippen LogP contribution is -2.51. The average molecular weight is 483 g/mol. The second-order valence-corrected chi connectivity index (χ2v) is 10.6. The van der Waals surface area contributed by atoms with E-state index in [1.165, 1.54) is 83.5 Å². The minimum absolute atomic E-state index is 0.0567. The molecule has 0 aromatic heterocycles. The van der Waals surface area contributed by atoms with Crippen molar-refractivity contribution in [3.8, 4) is 0 Å². The lowest BCUT2D eigenvalue weighted by atomic mass is 10.0. The van der Waals surface area contributed by atoms with Gasteiger partial charge in [0, 0.05) is 6.42 Å². The number of rotatable bonds is 21. The highest BCUT2D eigenvalue weighted by Crippen LogP contribution is 2.15. The van der Waals surface area contributed by atoms with Crippen LogP contribution in [0.15, 0.2) is 0 Å². The van der Waals surface area contributed by atoms with Gasteiger partial charge < -0.3 is 20.5 Å². The van der Waals surface area contributed by atoms with Crippen molar-refractivity contribution in [1.29, 1.82) is 0 Å². The molecule has 3 N–H and O–H groups in total. The number of aliphatic hydroxyl groups is 1. The zero-order valence-corrected chi connectivity index (χ0v) is 22.4. The summed E-state index contributed by atoms with van der Waals surface area (Å²) >= 11 is 0. The molecule has 0 radical (unpaired) electrons. The second kappa shape index (κ2) is 20.1. The third-order valence-electron chi connectivity index (χ3n) is 6.76. The molecule has 1 aliphatic rings. The fourth-order valence-corrected chi connectivity index (χ4v) is 4.63. The first-order chi connectivity index (χ1) is 16.4. The van der Waals surface area contributed by atoms with Gasteiger partial charge >= 0.3 is 0 Å². The van der Waals surface area contributed by atoms with Crippen LogP contribution >= 0.6 is 0 Å². The van der Waals surface area contributed by atoms with Crippen molar-refractivity contribution in [3.05, 3.63) is 0 Å². The molecule has 6 heteroatoms. The zero-order chi connectivity index (χ0) is 25.0. The summed E-state index contributed by atoms with van der Waals surface area (Å²) < 4.78 is 5.10. The molecule has 1 heterocycles. The van der Waals surface area contributed by atoms with E-state index in [0.29, 0.717) is 25.9 Å². The fraction of sp³-hybridized carbons (Fsp3) is 0.929. The summed E-state index contributed by atoms with van der Waals surface area (Å²) in [4.78, 5) is 25.0. The normalized spacial score (nSPS) is 18.9. The Morgan fingerprint density at radius 3 is 1.79 bits per heavy atom. The molecular weight excluding hydrogens is 428 g/mol. The van der Waals surface area contributed by atoms with Crippen LogP contribution in [0.3, 0.4) is 0 Å². The number of carbonyl (C=O) groups is 2. The van der Waals surface area contributed by atoms with E-state index in [1.54, 1.807) is 0 Å². The molecular formula is C28H54N2O4. The highest BCUT2D eigenvalue weighted by Gasteiger charge is 2.30. The maximum Gasteiger partial charge on any atom is 0.242 e. The van der Waals surface area contributed by atoms with Gasteiger partial charge in [-0.25, -0.2) is 0 Å². The predicted molar refractivity (Wildman–Crippen MR) is 139 cm³/mol. The van der Waals surface area contributed by atoms with Crippen LogP contribution in [0, 0.1) is 5.92 Å². The van der Waals surface area contributed by atoms with Crippen molar-refractivity contribution >= 4 is 11.8 Å². The summed E-state index contributed by atoms with van der Waals surface area (Å²) in [5.74, 6) is -0.00148. The van der Waals surface area contributed by atoms with Gasteiger partial charge in [0.25, 0.3) is 0 Å². The van der Waals surface area contributed by atoms with E-state index < -0.39 is 18.4 Å². The molecule has 0 saturated carbocycles. The number of carbonyl (C=O) groups excluding carboxylic acids is 2. The average Bonchev–Trinajstić information content (AvgIpc) is 3.19. The topological polar surface area (TPSA) is 87.7 Å². The Morgan fingerprint density at radius 1 is 0.853 bits per heavy atom. The molecule has 34 heavy (non-hydrogen) atoms. The molecule has 0 spiro atoms. The molecule has 0 aromatic carbocycles. The Morgan fingerprint density at radius 2 is 1.35 bits per heavy atom. The van der Waals surface area contributed by atoms with E-state index in [-0.39, 0.29) is 17.7 Å². The fourth-order valence-electron chi connectivity index (χ4n) is 4.63. The summed E-state index contributed by atoms with van der Waals surface area (Å²) in [6, 6.07) is -0.953. The van der Waals surface area contributed by atoms with Crippen molar-refractivity contribution in [2.45, 2.75) is 155 Å². The Kier molecular flexibility index (Phi) is 18.3. The van der Waals surface area contributed by atoms with E-state index in [4.69, 9.17) is 4.74 Å². The first kappa shape index (κ1) is 30.9. The van der Waals surface area contributed by atoms with Gasteiger partial charge in [0.15, 0.2) is 6.29 Å². The Bertz CT molecular complexity index is 527. The van der Waals surface area contributed by atoms with E-state index in [1.807, 2.05) is 13.8 Å². The van der Waals surface area contributed by atoms with Gasteiger partial charge in [-0.2, -0.15) is 0 Å². The monoisotopic (exact) mass is 482 g/mol. The quantitative estimate of drug-likeness (QED) is 0.175. The van der Waals surface area contributed by atoms with Gasteiger partial charge in [0.2, 0.25) is 11.8 Å². The van der Waals surface area contributed by atoms with Crippen molar-refractivity contribution < 1.29 is 19.4 Å². The molecule has 1 aliphatic heterocycles.